The first-order chi connectivity index (χ1) is 12.6. The van der Waals surface area contributed by atoms with Crippen LogP contribution in [0.15, 0.2) is 33.9 Å². The molecule has 1 atom stereocenters. The Bertz CT molecular complexity index is 915. The normalized spacial score (nSPS) is 19.1. The number of hydrogen-bond donors (Lipinski definition) is 1. The summed E-state index contributed by atoms with van der Waals surface area (Å²) < 4.78 is 29.1. The lowest BCUT2D eigenvalue weighted by Gasteiger charge is -2.18. The van der Waals surface area contributed by atoms with Crippen LogP contribution in [0.25, 0.3) is 11.5 Å². The summed E-state index contributed by atoms with van der Waals surface area (Å²) in [5, 5.41) is 10.0. The molecule has 1 saturated heterocycles. The van der Waals surface area contributed by atoms with Gasteiger partial charge in [-0.1, -0.05) is 44.7 Å². The van der Waals surface area contributed by atoms with Crippen molar-refractivity contribution in [1.82, 2.24) is 15.5 Å². The summed E-state index contributed by atoms with van der Waals surface area (Å²) in [6.07, 6.45) is 1.05. The minimum absolute atomic E-state index is 0.0244. The topological polar surface area (TPSA) is 102 Å². The molecule has 0 spiro atoms. The van der Waals surface area contributed by atoms with E-state index in [1.807, 2.05) is 24.3 Å². The van der Waals surface area contributed by atoms with Gasteiger partial charge < -0.3 is 9.73 Å². The molecule has 1 aliphatic heterocycles. The Labute approximate surface area is 163 Å². The molecule has 0 saturated carbocycles. The van der Waals surface area contributed by atoms with Crippen molar-refractivity contribution in [3.63, 3.8) is 0 Å². The van der Waals surface area contributed by atoms with Gasteiger partial charge in [0.05, 0.1) is 11.5 Å². The fourth-order valence-corrected chi connectivity index (χ4v) is 5.06. The van der Waals surface area contributed by atoms with Crippen LogP contribution in [0.2, 0.25) is 0 Å². The molecule has 3 rings (SSSR count). The summed E-state index contributed by atoms with van der Waals surface area (Å²) in [4.78, 5) is 12.0. The van der Waals surface area contributed by atoms with Gasteiger partial charge in [-0.15, -0.1) is 10.2 Å². The second-order valence-electron chi connectivity index (χ2n) is 7.55. The van der Waals surface area contributed by atoms with Gasteiger partial charge in [0.2, 0.25) is 11.8 Å². The second kappa shape index (κ2) is 7.63. The molecule has 146 valence electrons. The molecule has 1 aliphatic rings. The zero-order valence-electron chi connectivity index (χ0n) is 15.6. The van der Waals surface area contributed by atoms with E-state index in [-0.39, 0.29) is 28.1 Å². The molecule has 2 aromatic rings. The van der Waals surface area contributed by atoms with Gasteiger partial charge in [0, 0.05) is 5.56 Å². The van der Waals surface area contributed by atoms with Crippen molar-refractivity contribution in [3.05, 3.63) is 29.8 Å². The van der Waals surface area contributed by atoms with E-state index in [1.54, 1.807) is 0 Å². The number of benzene rings is 1. The lowest BCUT2D eigenvalue weighted by Crippen LogP contribution is -2.38. The largest absolute Gasteiger partial charge is 0.411 e. The van der Waals surface area contributed by atoms with Gasteiger partial charge >= 0.3 is 0 Å². The summed E-state index contributed by atoms with van der Waals surface area (Å²) in [5.74, 6) is 0.185. The van der Waals surface area contributed by atoms with Crippen LogP contribution >= 0.6 is 11.8 Å². The SMILES string of the molecule is CC(C)(C)c1ccc(-c2nnc(SCC(=O)N[C@@H]3CCCS3(=O)=O)o2)cc1. The lowest BCUT2D eigenvalue weighted by atomic mass is 9.87. The highest BCUT2D eigenvalue weighted by molar-refractivity contribution is 7.99. The Hall–Kier alpha value is -1.87. The first kappa shape index (κ1) is 19.9. The highest BCUT2D eigenvalue weighted by atomic mass is 32.2. The van der Waals surface area contributed by atoms with Crippen LogP contribution in [0.3, 0.4) is 0 Å². The Morgan fingerprint density at radius 2 is 1.96 bits per heavy atom. The lowest BCUT2D eigenvalue weighted by molar-refractivity contribution is -0.118. The molecule has 1 N–H and O–H groups in total. The fourth-order valence-electron chi connectivity index (χ4n) is 2.80. The molecule has 27 heavy (non-hydrogen) atoms. The molecule has 1 aromatic heterocycles. The number of aromatic nitrogens is 2. The maximum Gasteiger partial charge on any atom is 0.277 e. The van der Waals surface area contributed by atoms with Crippen molar-refractivity contribution in [3.8, 4) is 11.5 Å². The van der Waals surface area contributed by atoms with Crippen LogP contribution < -0.4 is 5.32 Å². The molecule has 1 amide bonds. The van der Waals surface area contributed by atoms with Gasteiger partial charge in [-0.2, -0.15) is 0 Å². The fraction of sp³-hybridized carbons (Fsp3) is 0.500. The maximum absolute atomic E-state index is 12.0. The molecule has 0 aliphatic carbocycles. The summed E-state index contributed by atoms with van der Waals surface area (Å²) in [6, 6.07) is 7.92. The monoisotopic (exact) mass is 409 g/mol. The molecular weight excluding hydrogens is 386 g/mol. The summed E-state index contributed by atoms with van der Waals surface area (Å²) in [6.45, 7) is 6.43. The third-order valence-corrected chi connectivity index (χ3v) is 7.28. The minimum atomic E-state index is -3.20. The maximum atomic E-state index is 12.0. The highest BCUT2D eigenvalue weighted by Crippen LogP contribution is 2.27. The Balaban J connectivity index is 1.57. The molecule has 9 heteroatoms. The average molecular weight is 410 g/mol. The Morgan fingerprint density at radius 1 is 1.26 bits per heavy atom. The highest BCUT2D eigenvalue weighted by Gasteiger charge is 2.32. The zero-order valence-corrected chi connectivity index (χ0v) is 17.2. The number of rotatable bonds is 5. The molecule has 0 bridgehead atoms. The van der Waals surface area contributed by atoms with Crippen molar-refractivity contribution < 1.29 is 17.6 Å². The molecule has 7 nitrogen and oxygen atoms in total. The molecule has 0 radical (unpaired) electrons. The third-order valence-electron chi connectivity index (χ3n) is 4.38. The summed E-state index contributed by atoms with van der Waals surface area (Å²) >= 11 is 1.09. The number of nitrogens with zero attached hydrogens (tertiary/aromatic N) is 2. The molecule has 0 unspecified atom stereocenters. The van der Waals surface area contributed by atoms with Crippen LogP contribution in [0.1, 0.15) is 39.2 Å². The number of amides is 1. The smallest absolute Gasteiger partial charge is 0.277 e. The number of sulfone groups is 1. The predicted octanol–water partition coefficient (Wildman–Crippen LogP) is 2.78. The van der Waals surface area contributed by atoms with Gasteiger partial charge in [-0.25, -0.2) is 8.42 Å². The first-order valence-corrected chi connectivity index (χ1v) is 11.4. The zero-order chi connectivity index (χ0) is 19.7. The van der Waals surface area contributed by atoms with Crippen LogP contribution in [-0.2, 0) is 20.0 Å². The van der Waals surface area contributed by atoms with E-state index in [1.165, 1.54) is 5.56 Å². The number of carbonyl (C=O) groups excluding carboxylic acids is 1. The number of nitrogens with one attached hydrogen (secondary N) is 1. The van der Waals surface area contributed by atoms with Crippen molar-refractivity contribution in [2.24, 2.45) is 0 Å². The van der Waals surface area contributed by atoms with E-state index in [9.17, 15) is 13.2 Å². The van der Waals surface area contributed by atoms with Crippen molar-refractivity contribution in [1.29, 1.82) is 0 Å². The molecular formula is C18H23N3O4S2. The average Bonchev–Trinajstić information content (AvgIpc) is 3.19. The van der Waals surface area contributed by atoms with Crippen LogP contribution in [-0.4, -0.2) is 41.4 Å². The summed E-state index contributed by atoms with van der Waals surface area (Å²) in [7, 11) is -3.20. The summed E-state index contributed by atoms with van der Waals surface area (Å²) in [5.41, 5.74) is 2.08. The van der Waals surface area contributed by atoms with E-state index in [0.29, 0.717) is 18.7 Å². The van der Waals surface area contributed by atoms with Gasteiger partial charge in [-0.3, -0.25) is 4.79 Å². The van der Waals surface area contributed by atoms with Crippen molar-refractivity contribution in [2.75, 3.05) is 11.5 Å². The number of hydrogen-bond acceptors (Lipinski definition) is 7. The van der Waals surface area contributed by atoms with E-state index < -0.39 is 15.2 Å². The van der Waals surface area contributed by atoms with Crippen molar-refractivity contribution in [2.45, 2.75) is 49.6 Å². The van der Waals surface area contributed by atoms with E-state index in [2.05, 4.69) is 36.3 Å². The number of carbonyl (C=O) groups is 1. The van der Waals surface area contributed by atoms with Gasteiger partial charge in [0.1, 0.15) is 5.37 Å². The van der Waals surface area contributed by atoms with E-state index >= 15 is 0 Å². The van der Waals surface area contributed by atoms with Gasteiger partial charge in [0.25, 0.3) is 5.22 Å². The van der Waals surface area contributed by atoms with Gasteiger partial charge in [-0.05, 0) is 36.0 Å². The minimum Gasteiger partial charge on any atom is -0.411 e. The Kier molecular flexibility index (Phi) is 5.62. The van der Waals surface area contributed by atoms with Crippen LogP contribution in [0.5, 0.6) is 0 Å². The Morgan fingerprint density at radius 3 is 2.56 bits per heavy atom. The van der Waals surface area contributed by atoms with E-state index in [4.69, 9.17) is 4.42 Å². The predicted molar refractivity (Wildman–Crippen MR) is 104 cm³/mol. The van der Waals surface area contributed by atoms with Gasteiger partial charge in [0.15, 0.2) is 9.84 Å². The standard InChI is InChI=1S/C18H23N3O4S2/c1-18(2,3)13-8-6-12(7-9-13)16-20-21-17(25-16)26-11-14(22)19-15-5-4-10-27(15,23)24/h6-9,15H,4-5,10-11H2,1-3H3,(H,19,22)/t15-/m0/s1. The quantitative estimate of drug-likeness (QED) is 0.758. The van der Waals surface area contributed by atoms with Crippen LogP contribution in [0.4, 0.5) is 0 Å². The van der Waals surface area contributed by atoms with E-state index in [0.717, 1.165) is 17.3 Å². The number of thioether (sulfide) groups is 1. The van der Waals surface area contributed by atoms with Crippen molar-refractivity contribution >= 4 is 27.5 Å². The first-order valence-electron chi connectivity index (χ1n) is 8.73. The second-order valence-corrected chi connectivity index (χ2v) is 10.8. The third kappa shape index (κ3) is 4.90. The molecule has 1 fully saturated rings. The van der Waals surface area contributed by atoms with Crippen LogP contribution in [0, 0.1) is 0 Å². The molecule has 1 aromatic carbocycles. The molecule has 2 heterocycles.